The van der Waals surface area contributed by atoms with Gasteiger partial charge in [-0.25, -0.2) is 14.5 Å². The third-order valence-electron chi connectivity index (χ3n) is 4.62. The van der Waals surface area contributed by atoms with E-state index in [-0.39, 0.29) is 18.2 Å². The van der Waals surface area contributed by atoms with Crippen LogP contribution in [0.5, 0.6) is 0 Å². The van der Waals surface area contributed by atoms with E-state index in [4.69, 9.17) is 4.74 Å². The van der Waals surface area contributed by atoms with Crippen LogP contribution in [0.2, 0.25) is 0 Å². The Hall–Kier alpha value is -3.43. The van der Waals surface area contributed by atoms with Gasteiger partial charge >= 0.3 is 5.97 Å². The number of thioether (sulfide) groups is 1. The summed E-state index contributed by atoms with van der Waals surface area (Å²) in [6, 6.07) is 16.4. The monoisotopic (exact) mass is 478 g/mol. The van der Waals surface area contributed by atoms with Crippen molar-refractivity contribution in [3.05, 3.63) is 88.1 Å². The van der Waals surface area contributed by atoms with Crippen molar-refractivity contribution >= 4 is 40.7 Å². The maximum atomic E-state index is 13.0. The molecular formula is C24H22N4O3S2. The Balaban J connectivity index is 1.48. The number of carbonyl (C=O) groups is 2. The van der Waals surface area contributed by atoms with Crippen molar-refractivity contribution in [2.45, 2.75) is 24.5 Å². The lowest BCUT2D eigenvalue weighted by Gasteiger charge is -2.11. The average molecular weight is 479 g/mol. The third-order valence-corrected chi connectivity index (χ3v) is 6.55. The lowest BCUT2D eigenvalue weighted by Crippen LogP contribution is -2.13. The molecule has 2 heterocycles. The SMILES string of the molecule is CCOC(=O)c1ccn(-c2cccc(NC(=O)c3ccccc3SCc3csc(C)n3)c2)n1. The molecule has 0 spiro atoms. The average Bonchev–Trinajstić information content (AvgIpc) is 3.48. The van der Waals surface area contributed by atoms with Gasteiger partial charge in [0.05, 0.1) is 28.6 Å². The molecule has 0 saturated heterocycles. The number of nitrogens with zero attached hydrogens (tertiary/aromatic N) is 3. The van der Waals surface area contributed by atoms with Crippen molar-refractivity contribution in [2.24, 2.45) is 0 Å². The van der Waals surface area contributed by atoms with E-state index < -0.39 is 5.97 Å². The highest BCUT2D eigenvalue weighted by atomic mass is 32.2. The zero-order chi connectivity index (χ0) is 23.2. The van der Waals surface area contributed by atoms with Gasteiger partial charge in [-0.2, -0.15) is 5.10 Å². The number of ether oxygens (including phenoxy) is 1. The Bertz CT molecular complexity index is 1280. The summed E-state index contributed by atoms with van der Waals surface area (Å²) in [5.74, 6) is 0.0340. The van der Waals surface area contributed by atoms with Crippen molar-refractivity contribution in [2.75, 3.05) is 11.9 Å². The maximum Gasteiger partial charge on any atom is 0.358 e. The van der Waals surface area contributed by atoms with Crippen molar-refractivity contribution in [3.63, 3.8) is 0 Å². The van der Waals surface area contributed by atoms with Gasteiger partial charge in [0.2, 0.25) is 0 Å². The molecule has 9 heteroatoms. The fraction of sp³-hybridized carbons (Fsp3) is 0.167. The molecule has 1 amide bonds. The first kappa shape index (κ1) is 22.8. The van der Waals surface area contributed by atoms with E-state index in [0.29, 0.717) is 22.7 Å². The van der Waals surface area contributed by atoms with Crippen molar-refractivity contribution in [1.82, 2.24) is 14.8 Å². The summed E-state index contributed by atoms with van der Waals surface area (Å²) in [5, 5.41) is 10.3. The second-order valence-corrected chi connectivity index (χ2v) is 9.09. The maximum absolute atomic E-state index is 13.0. The van der Waals surface area contributed by atoms with Crippen LogP contribution in [0.25, 0.3) is 5.69 Å². The number of hydrogen-bond donors (Lipinski definition) is 1. The Morgan fingerprint density at radius 2 is 2.00 bits per heavy atom. The molecule has 0 fully saturated rings. The quantitative estimate of drug-likeness (QED) is 0.271. The first-order valence-electron chi connectivity index (χ1n) is 10.3. The van der Waals surface area contributed by atoms with Crippen LogP contribution in [-0.2, 0) is 10.5 Å². The molecule has 7 nitrogen and oxygen atoms in total. The minimum Gasteiger partial charge on any atom is -0.461 e. The summed E-state index contributed by atoms with van der Waals surface area (Å²) in [6.45, 7) is 4.02. The Morgan fingerprint density at radius 3 is 2.79 bits per heavy atom. The second kappa shape index (κ2) is 10.5. The lowest BCUT2D eigenvalue weighted by molar-refractivity contribution is 0.0519. The highest BCUT2D eigenvalue weighted by molar-refractivity contribution is 7.98. The van der Waals surface area contributed by atoms with Crippen LogP contribution in [0, 0.1) is 6.92 Å². The molecule has 4 aromatic rings. The number of rotatable bonds is 8. The number of benzene rings is 2. The fourth-order valence-electron chi connectivity index (χ4n) is 3.11. The lowest BCUT2D eigenvalue weighted by atomic mass is 10.2. The normalized spacial score (nSPS) is 10.7. The summed E-state index contributed by atoms with van der Waals surface area (Å²) in [4.78, 5) is 30.3. The van der Waals surface area contributed by atoms with Gasteiger partial charge < -0.3 is 10.1 Å². The fourth-order valence-corrected chi connectivity index (χ4v) is 4.77. The molecule has 0 aliphatic carbocycles. The van der Waals surface area contributed by atoms with Gasteiger partial charge in [0.25, 0.3) is 5.91 Å². The number of aromatic nitrogens is 3. The van der Waals surface area contributed by atoms with Crippen LogP contribution in [-0.4, -0.2) is 33.2 Å². The van der Waals surface area contributed by atoms with E-state index in [2.05, 4.69) is 15.4 Å². The Labute approximate surface area is 199 Å². The van der Waals surface area contributed by atoms with E-state index in [0.717, 1.165) is 15.6 Å². The third kappa shape index (κ3) is 5.68. The standard InChI is InChI=1S/C24H22N4O3S2/c1-3-31-24(30)21-11-12-28(27-21)19-8-6-7-17(13-19)26-23(29)20-9-4-5-10-22(20)33-15-18-14-32-16(2)25-18/h4-14H,3,15H2,1-2H3,(H,26,29). The van der Waals surface area contributed by atoms with Gasteiger partial charge in [-0.3, -0.25) is 4.79 Å². The summed E-state index contributed by atoms with van der Waals surface area (Å²) >= 11 is 3.21. The molecule has 0 aliphatic heterocycles. The van der Waals surface area contributed by atoms with E-state index in [1.807, 2.05) is 54.8 Å². The van der Waals surface area contributed by atoms with Crippen LogP contribution in [0.1, 0.15) is 38.5 Å². The number of nitrogens with one attached hydrogen (secondary N) is 1. The van der Waals surface area contributed by atoms with E-state index in [9.17, 15) is 9.59 Å². The van der Waals surface area contributed by atoms with Crippen molar-refractivity contribution in [3.8, 4) is 5.69 Å². The number of esters is 1. The van der Waals surface area contributed by atoms with E-state index in [1.54, 1.807) is 53.0 Å². The molecule has 1 N–H and O–H groups in total. The minimum atomic E-state index is -0.470. The first-order chi connectivity index (χ1) is 16.0. The molecule has 4 rings (SSSR count). The topological polar surface area (TPSA) is 86.1 Å². The molecule has 0 saturated carbocycles. The number of carbonyl (C=O) groups excluding carboxylic acids is 2. The number of amides is 1. The summed E-state index contributed by atoms with van der Waals surface area (Å²) < 4.78 is 6.56. The molecule has 0 unspecified atom stereocenters. The highest BCUT2D eigenvalue weighted by Crippen LogP contribution is 2.27. The molecule has 2 aromatic carbocycles. The second-order valence-electron chi connectivity index (χ2n) is 7.01. The predicted octanol–water partition coefficient (Wildman–Crippen LogP) is 5.36. The van der Waals surface area contributed by atoms with Crippen LogP contribution < -0.4 is 5.32 Å². The summed E-state index contributed by atoms with van der Waals surface area (Å²) in [6.07, 6.45) is 1.68. The molecule has 2 aromatic heterocycles. The number of hydrogen-bond acceptors (Lipinski definition) is 7. The molecular weight excluding hydrogens is 456 g/mol. The van der Waals surface area contributed by atoms with Gasteiger partial charge in [-0.1, -0.05) is 18.2 Å². The summed E-state index contributed by atoms with van der Waals surface area (Å²) in [7, 11) is 0. The Kier molecular flexibility index (Phi) is 7.21. The van der Waals surface area contributed by atoms with Crippen LogP contribution >= 0.6 is 23.1 Å². The van der Waals surface area contributed by atoms with Gasteiger partial charge in [0.1, 0.15) is 0 Å². The molecule has 0 bridgehead atoms. The molecule has 33 heavy (non-hydrogen) atoms. The zero-order valence-corrected chi connectivity index (χ0v) is 19.8. The van der Waals surface area contributed by atoms with Crippen molar-refractivity contribution < 1.29 is 14.3 Å². The number of thiazole rings is 1. The molecule has 0 atom stereocenters. The minimum absolute atomic E-state index is 0.197. The predicted molar refractivity (Wildman–Crippen MR) is 130 cm³/mol. The van der Waals surface area contributed by atoms with E-state index in [1.165, 1.54) is 0 Å². The van der Waals surface area contributed by atoms with Crippen molar-refractivity contribution in [1.29, 1.82) is 0 Å². The van der Waals surface area contributed by atoms with E-state index >= 15 is 0 Å². The molecule has 0 aliphatic rings. The van der Waals surface area contributed by atoms with Gasteiger partial charge in [-0.05, 0) is 50.2 Å². The van der Waals surface area contributed by atoms with Crippen LogP contribution in [0.15, 0.2) is 71.1 Å². The number of anilines is 1. The first-order valence-corrected chi connectivity index (χ1v) is 12.2. The van der Waals surface area contributed by atoms with Crippen LogP contribution in [0.4, 0.5) is 5.69 Å². The highest BCUT2D eigenvalue weighted by Gasteiger charge is 2.14. The van der Waals surface area contributed by atoms with Gasteiger partial charge in [0.15, 0.2) is 5.69 Å². The largest absolute Gasteiger partial charge is 0.461 e. The Morgan fingerprint density at radius 1 is 1.15 bits per heavy atom. The van der Waals surface area contributed by atoms with Gasteiger partial charge in [-0.15, -0.1) is 23.1 Å². The number of aryl methyl sites for hydroxylation is 1. The molecule has 0 radical (unpaired) electrons. The molecule has 168 valence electrons. The zero-order valence-electron chi connectivity index (χ0n) is 18.1. The smallest absolute Gasteiger partial charge is 0.358 e. The summed E-state index contributed by atoms with van der Waals surface area (Å²) in [5.41, 5.74) is 3.17. The van der Waals surface area contributed by atoms with Gasteiger partial charge in [0, 0.05) is 27.9 Å². The van der Waals surface area contributed by atoms with Crippen LogP contribution in [0.3, 0.4) is 0 Å².